The minimum Gasteiger partial charge on any atom is -0.382 e. The molecule has 1 heterocycles. The predicted octanol–water partition coefficient (Wildman–Crippen LogP) is 2.85. The molecule has 0 aliphatic heterocycles. The summed E-state index contributed by atoms with van der Waals surface area (Å²) in [4.78, 5) is 14.4. The van der Waals surface area contributed by atoms with Gasteiger partial charge in [-0.05, 0) is 13.0 Å². The Bertz CT molecular complexity index is 686. The zero-order valence-corrected chi connectivity index (χ0v) is 11.5. The maximum absolute atomic E-state index is 12.2. The standard InChI is InChI=1S/C11H10F3N3O3S/c1-5-16-7-2-6(15-4-10(18)11(12,13)14)8(17(19)20)3-9(7)21-5/h2-3,10,15,18H,4H2,1H3. The van der Waals surface area contributed by atoms with Gasteiger partial charge in [0.2, 0.25) is 0 Å². The minimum atomic E-state index is -4.79. The number of thiazole rings is 1. The Balaban J connectivity index is 2.33. The molecule has 114 valence electrons. The summed E-state index contributed by atoms with van der Waals surface area (Å²) in [7, 11) is 0. The van der Waals surface area contributed by atoms with Gasteiger partial charge in [0.15, 0.2) is 6.10 Å². The van der Waals surface area contributed by atoms with Gasteiger partial charge < -0.3 is 10.4 Å². The van der Waals surface area contributed by atoms with Gasteiger partial charge in [0.25, 0.3) is 5.69 Å². The van der Waals surface area contributed by atoms with Crippen LogP contribution < -0.4 is 5.32 Å². The van der Waals surface area contributed by atoms with Crippen molar-refractivity contribution in [2.45, 2.75) is 19.2 Å². The zero-order chi connectivity index (χ0) is 15.8. The summed E-state index contributed by atoms with van der Waals surface area (Å²) in [5.74, 6) is 0. The fourth-order valence-electron chi connectivity index (χ4n) is 1.69. The van der Waals surface area contributed by atoms with Crippen LogP contribution in [0.3, 0.4) is 0 Å². The molecule has 6 nitrogen and oxygen atoms in total. The van der Waals surface area contributed by atoms with Crippen LogP contribution >= 0.6 is 11.3 Å². The second-order valence-electron chi connectivity index (χ2n) is 4.27. The highest BCUT2D eigenvalue weighted by molar-refractivity contribution is 7.18. The van der Waals surface area contributed by atoms with Crippen LogP contribution in [0.15, 0.2) is 12.1 Å². The van der Waals surface area contributed by atoms with Gasteiger partial charge in [-0.2, -0.15) is 13.2 Å². The molecule has 1 aromatic heterocycles. The molecule has 0 fully saturated rings. The van der Waals surface area contributed by atoms with Crippen LogP contribution in [0.4, 0.5) is 24.5 Å². The quantitative estimate of drug-likeness (QED) is 0.668. The maximum atomic E-state index is 12.2. The Morgan fingerprint density at radius 3 is 2.76 bits per heavy atom. The number of hydrogen-bond acceptors (Lipinski definition) is 6. The predicted molar refractivity (Wildman–Crippen MR) is 71.6 cm³/mol. The first kappa shape index (κ1) is 15.4. The van der Waals surface area contributed by atoms with Gasteiger partial charge >= 0.3 is 6.18 Å². The summed E-state index contributed by atoms with van der Waals surface area (Å²) in [6.07, 6.45) is -7.40. The molecule has 0 saturated heterocycles. The number of anilines is 1. The summed E-state index contributed by atoms with van der Waals surface area (Å²) < 4.78 is 37.3. The van der Waals surface area contributed by atoms with Crippen LogP contribution in [0.25, 0.3) is 10.2 Å². The summed E-state index contributed by atoms with van der Waals surface area (Å²) in [5.41, 5.74) is -0.0197. The van der Waals surface area contributed by atoms with Crippen molar-refractivity contribution in [2.24, 2.45) is 0 Å². The summed E-state index contributed by atoms with van der Waals surface area (Å²) in [6.45, 7) is 0.843. The highest BCUT2D eigenvalue weighted by Crippen LogP contribution is 2.33. The van der Waals surface area contributed by atoms with Crippen molar-refractivity contribution in [3.05, 3.63) is 27.3 Å². The molecule has 0 aliphatic carbocycles. The molecule has 0 aliphatic rings. The number of aryl methyl sites for hydroxylation is 1. The second-order valence-corrected chi connectivity index (χ2v) is 5.50. The summed E-state index contributed by atoms with van der Waals surface area (Å²) >= 11 is 1.25. The number of nitro groups is 1. The van der Waals surface area contributed by atoms with E-state index in [9.17, 15) is 23.3 Å². The Labute approximate surface area is 120 Å². The SMILES string of the molecule is Cc1nc2cc(NCC(O)C(F)(F)F)c([N+](=O)[O-])cc2s1. The van der Waals surface area contributed by atoms with E-state index < -0.39 is 23.7 Å². The van der Waals surface area contributed by atoms with Gasteiger partial charge in [-0.1, -0.05) is 0 Å². The molecule has 0 spiro atoms. The zero-order valence-electron chi connectivity index (χ0n) is 10.6. The Morgan fingerprint density at radius 1 is 1.52 bits per heavy atom. The molecule has 1 unspecified atom stereocenters. The number of aliphatic hydroxyl groups is 1. The number of aromatic nitrogens is 1. The molecule has 1 aromatic carbocycles. The number of nitrogens with zero attached hydrogens (tertiary/aromatic N) is 2. The molecule has 0 bridgehead atoms. The lowest BCUT2D eigenvalue weighted by Gasteiger charge is -2.15. The van der Waals surface area contributed by atoms with Gasteiger partial charge in [0, 0.05) is 12.6 Å². The van der Waals surface area contributed by atoms with Gasteiger partial charge in [0.05, 0.1) is 20.1 Å². The number of nitro benzene ring substituents is 1. The van der Waals surface area contributed by atoms with E-state index >= 15 is 0 Å². The minimum absolute atomic E-state index is 0.110. The van der Waals surface area contributed by atoms with Crippen LogP contribution in [0.1, 0.15) is 5.01 Å². The number of benzene rings is 1. The number of rotatable bonds is 4. The first-order chi connectivity index (χ1) is 9.68. The highest BCUT2D eigenvalue weighted by atomic mass is 32.1. The number of aliphatic hydroxyl groups excluding tert-OH is 1. The van der Waals surface area contributed by atoms with E-state index in [0.717, 1.165) is 0 Å². The second kappa shape index (κ2) is 5.45. The van der Waals surface area contributed by atoms with E-state index in [-0.39, 0.29) is 11.4 Å². The lowest BCUT2D eigenvalue weighted by molar-refractivity contribution is -0.383. The van der Waals surface area contributed by atoms with Crippen molar-refractivity contribution in [3.63, 3.8) is 0 Å². The van der Waals surface area contributed by atoms with Gasteiger partial charge in [-0.25, -0.2) is 4.98 Å². The molecule has 2 N–H and O–H groups in total. The molecule has 0 amide bonds. The van der Waals surface area contributed by atoms with Gasteiger partial charge in [-0.15, -0.1) is 11.3 Å². The number of hydrogen-bond donors (Lipinski definition) is 2. The van der Waals surface area contributed by atoms with Crippen molar-refractivity contribution in [1.82, 2.24) is 4.98 Å². The third kappa shape index (κ3) is 3.39. The number of fused-ring (bicyclic) bond motifs is 1. The Kier molecular flexibility index (Phi) is 4.01. The van der Waals surface area contributed by atoms with Gasteiger partial charge in [0.1, 0.15) is 5.69 Å². The van der Waals surface area contributed by atoms with Crippen molar-refractivity contribution >= 4 is 32.9 Å². The Hall–Kier alpha value is -1.94. The van der Waals surface area contributed by atoms with Crippen LogP contribution in [-0.4, -0.2) is 33.8 Å². The largest absolute Gasteiger partial charge is 0.416 e. The van der Waals surface area contributed by atoms with E-state index in [1.54, 1.807) is 6.92 Å². The van der Waals surface area contributed by atoms with Crippen LogP contribution in [0.2, 0.25) is 0 Å². The number of nitrogens with one attached hydrogen (secondary N) is 1. The Morgan fingerprint density at radius 2 is 2.19 bits per heavy atom. The van der Waals surface area contributed by atoms with Crippen molar-refractivity contribution in [1.29, 1.82) is 0 Å². The third-order valence-electron chi connectivity index (χ3n) is 2.67. The third-order valence-corrected chi connectivity index (χ3v) is 3.61. The number of alkyl halides is 3. The maximum Gasteiger partial charge on any atom is 0.416 e. The lowest BCUT2D eigenvalue weighted by Crippen LogP contribution is -2.35. The van der Waals surface area contributed by atoms with Crippen molar-refractivity contribution in [2.75, 3.05) is 11.9 Å². The van der Waals surface area contributed by atoms with E-state index in [1.807, 2.05) is 0 Å². The first-order valence-electron chi connectivity index (χ1n) is 5.72. The van der Waals surface area contributed by atoms with E-state index in [0.29, 0.717) is 15.2 Å². The molecule has 0 saturated carbocycles. The van der Waals surface area contributed by atoms with Gasteiger partial charge in [-0.3, -0.25) is 10.1 Å². The highest BCUT2D eigenvalue weighted by Gasteiger charge is 2.38. The van der Waals surface area contributed by atoms with Crippen molar-refractivity contribution in [3.8, 4) is 0 Å². The fourth-order valence-corrected chi connectivity index (χ4v) is 2.54. The van der Waals surface area contributed by atoms with E-state index in [2.05, 4.69) is 10.3 Å². The summed E-state index contributed by atoms with van der Waals surface area (Å²) in [6, 6.07) is 2.56. The topological polar surface area (TPSA) is 88.3 Å². The molecule has 10 heteroatoms. The molecule has 2 rings (SSSR count). The number of halogens is 3. The molecular formula is C11H10F3N3O3S. The monoisotopic (exact) mass is 321 g/mol. The molecular weight excluding hydrogens is 311 g/mol. The normalized spacial score (nSPS) is 13.4. The molecule has 21 heavy (non-hydrogen) atoms. The van der Waals surface area contributed by atoms with Crippen LogP contribution in [-0.2, 0) is 0 Å². The lowest BCUT2D eigenvalue weighted by atomic mass is 10.2. The van der Waals surface area contributed by atoms with E-state index in [1.165, 1.54) is 23.5 Å². The van der Waals surface area contributed by atoms with Crippen molar-refractivity contribution < 1.29 is 23.2 Å². The molecule has 0 radical (unpaired) electrons. The molecule has 2 aromatic rings. The average Bonchev–Trinajstić information content (AvgIpc) is 2.72. The summed E-state index contributed by atoms with van der Waals surface area (Å²) in [5, 5.41) is 22.8. The fraction of sp³-hybridized carbons (Fsp3) is 0.364. The van der Waals surface area contributed by atoms with Crippen LogP contribution in [0, 0.1) is 17.0 Å². The molecule has 1 atom stereocenters. The smallest absolute Gasteiger partial charge is 0.382 e. The van der Waals surface area contributed by atoms with Crippen LogP contribution in [0.5, 0.6) is 0 Å². The first-order valence-corrected chi connectivity index (χ1v) is 6.54. The van der Waals surface area contributed by atoms with E-state index in [4.69, 9.17) is 5.11 Å². The average molecular weight is 321 g/mol.